The molecule has 1 heterocycles. The molecule has 2 nitrogen and oxygen atoms in total. The third-order valence-electron chi connectivity index (χ3n) is 2.43. The van der Waals surface area contributed by atoms with Gasteiger partial charge in [-0.2, -0.15) is 0 Å². The summed E-state index contributed by atoms with van der Waals surface area (Å²) in [5, 5.41) is 14.4. The molecule has 0 aliphatic carbocycles. The molecule has 0 aromatic carbocycles. The highest BCUT2D eigenvalue weighted by Gasteiger charge is 2.11. The third-order valence-corrected chi connectivity index (χ3v) is 4.49. The van der Waals surface area contributed by atoms with Gasteiger partial charge in [-0.05, 0) is 53.2 Å². The zero-order valence-electron chi connectivity index (χ0n) is 9.16. The predicted molar refractivity (Wildman–Crippen MR) is 69.3 cm³/mol. The van der Waals surface area contributed by atoms with Gasteiger partial charge in [0.05, 0.1) is 0 Å². The van der Waals surface area contributed by atoms with E-state index in [4.69, 9.17) is 5.11 Å². The first-order valence-corrected chi connectivity index (χ1v) is 6.89. The Labute approximate surface area is 104 Å². The molecule has 0 saturated carbocycles. The van der Waals surface area contributed by atoms with Crippen molar-refractivity contribution in [3.8, 4) is 0 Å². The van der Waals surface area contributed by atoms with Gasteiger partial charge in [-0.3, -0.25) is 0 Å². The minimum absolute atomic E-state index is 0.278. The van der Waals surface area contributed by atoms with Crippen molar-refractivity contribution in [2.75, 3.05) is 13.2 Å². The van der Waals surface area contributed by atoms with Crippen LogP contribution in [0.1, 0.15) is 31.2 Å². The Balaban J connectivity index is 2.36. The van der Waals surface area contributed by atoms with Crippen LogP contribution in [0.4, 0.5) is 0 Å². The van der Waals surface area contributed by atoms with Gasteiger partial charge in [0.15, 0.2) is 0 Å². The van der Waals surface area contributed by atoms with Crippen LogP contribution in [0.15, 0.2) is 15.9 Å². The SMILES string of the molecule is CC(CCO)CNC(C)c1sccc1Br. The molecule has 15 heavy (non-hydrogen) atoms. The highest BCUT2D eigenvalue weighted by atomic mass is 79.9. The maximum absolute atomic E-state index is 8.80. The number of halogens is 1. The largest absolute Gasteiger partial charge is 0.396 e. The van der Waals surface area contributed by atoms with Crippen LogP contribution in [0.2, 0.25) is 0 Å². The summed E-state index contributed by atoms with van der Waals surface area (Å²) in [6.45, 7) is 5.55. The zero-order valence-corrected chi connectivity index (χ0v) is 11.6. The molecule has 0 fully saturated rings. The molecular formula is C11H18BrNOS. The number of hydrogen-bond acceptors (Lipinski definition) is 3. The molecule has 0 radical (unpaired) electrons. The summed E-state index contributed by atoms with van der Waals surface area (Å²) in [6, 6.07) is 2.45. The standard InChI is InChI=1S/C11H18BrNOS/c1-8(3-5-14)7-13-9(2)11-10(12)4-6-15-11/h4,6,8-9,13-14H,3,5,7H2,1-2H3. The predicted octanol–water partition coefficient (Wildman–Crippen LogP) is 3.18. The summed E-state index contributed by atoms with van der Waals surface area (Å²) < 4.78 is 1.18. The lowest BCUT2D eigenvalue weighted by Crippen LogP contribution is -2.24. The summed E-state index contributed by atoms with van der Waals surface area (Å²) >= 11 is 5.30. The molecule has 1 rings (SSSR count). The number of rotatable bonds is 6. The van der Waals surface area contributed by atoms with Gasteiger partial charge in [-0.25, -0.2) is 0 Å². The second-order valence-corrected chi connectivity index (χ2v) is 5.68. The van der Waals surface area contributed by atoms with Crippen molar-refractivity contribution < 1.29 is 5.11 Å². The zero-order chi connectivity index (χ0) is 11.3. The summed E-state index contributed by atoms with van der Waals surface area (Å²) in [5.74, 6) is 0.524. The topological polar surface area (TPSA) is 32.3 Å². The molecule has 0 bridgehead atoms. The fourth-order valence-corrected chi connectivity index (χ4v) is 3.16. The van der Waals surface area contributed by atoms with E-state index in [1.165, 1.54) is 9.35 Å². The minimum Gasteiger partial charge on any atom is -0.396 e. The molecule has 4 heteroatoms. The maximum Gasteiger partial charge on any atom is 0.0434 e. The van der Waals surface area contributed by atoms with Crippen LogP contribution in [-0.4, -0.2) is 18.3 Å². The molecule has 2 N–H and O–H groups in total. The summed E-state index contributed by atoms with van der Waals surface area (Å²) in [6.07, 6.45) is 0.866. The van der Waals surface area contributed by atoms with Crippen LogP contribution in [0.25, 0.3) is 0 Å². The normalized spacial score (nSPS) is 15.2. The highest BCUT2D eigenvalue weighted by Crippen LogP contribution is 2.28. The van der Waals surface area contributed by atoms with Gasteiger partial charge in [-0.1, -0.05) is 6.92 Å². The van der Waals surface area contributed by atoms with E-state index in [1.807, 2.05) is 0 Å². The quantitative estimate of drug-likeness (QED) is 0.844. The molecular weight excluding hydrogens is 274 g/mol. The van der Waals surface area contributed by atoms with Gasteiger partial charge in [-0.15, -0.1) is 11.3 Å². The average Bonchev–Trinajstić information content (AvgIpc) is 2.61. The van der Waals surface area contributed by atoms with Crippen LogP contribution in [-0.2, 0) is 0 Å². The monoisotopic (exact) mass is 291 g/mol. The molecule has 2 atom stereocenters. The number of aliphatic hydroxyl groups is 1. The molecule has 1 aromatic heterocycles. The summed E-state index contributed by atoms with van der Waals surface area (Å²) in [4.78, 5) is 1.34. The van der Waals surface area contributed by atoms with Crippen molar-refractivity contribution in [1.82, 2.24) is 5.32 Å². The Morgan fingerprint density at radius 3 is 2.80 bits per heavy atom. The molecule has 0 aliphatic rings. The van der Waals surface area contributed by atoms with E-state index in [0.29, 0.717) is 12.0 Å². The summed E-state index contributed by atoms with van der Waals surface area (Å²) in [5.41, 5.74) is 0. The first-order chi connectivity index (χ1) is 7.15. The molecule has 0 saturated heterocycles. The molecule has 0 aliphatic heterocycles. The maximum atomic E-state index is 8.80. The van der Waals surface area contributed by atoms with Crippen LogP contribution in [0.5, 0.6) is 0 Å². The van der Waals surface area contributed by atoms with Gasteiger partial charge >= 0.3 is 0 Å². The van der Waals surface area contributed by atoms with Crippen molar-refractivity contribution >= 4 is 27.3 Å². The smallest absolute Gasteiger partial charge is 0.0434 e. The lowest BCUT2D eigenvalue weighted by Gasteiger charge is -2.16. The van der Waals surface area contributed by atoms with E-state index < -0.39 is 0 Å². The van der Waals surface area contributed by atoms with E-state index in [0.717, 1.165) is 13.0 Å². The Morgan fingerprint density at radius 1 is 1.53 bits per heavy atom. The number of aliphatic hydroxyl groups excluding tert-OH is 1. The number of thiophene rings is 1. The third kappa shape index (κ3) is 4.23. The fourth-order valence-electron chi connectivity index (χ4n) is 1.41. The second-order valence-electron chi connectivity index (χ2n) is 3.88. The van der Waals surface area contributed by atoms with Crippen molar-refractivity contribution in [2.24, 2.45) is 5.92 Å². The molecule has 1 aromatic rings. The van der Waals surface area contributed by atoms with Gasteiger partial charge in [0.2, 0.25) is 0 Å². The Hall–Kier alpha value is 0.100. The van der Waals surface area contributed by atoms with Gasteiger partial charge in [0, 0.05) is 22.0 Å². The van der Waals surface area contributed by atoms with Crippen LogP contribution >= 0.6 is 27.3 Å². The number of hydrogen-bond donors (Lipinski definition) is 2. The van der Waals surface area contributed by atoms with Gasteiger partial charge < -0.3 is 10.4 Å². The van der Waals surface area contributed by atoms with E-state index >= 15 is 0 Å². The lowest BCUT2D eigenvalue weighted by atomic mass is 10.1. The highest BCUT2D eigenvalue weighted by molar-refractivity contribution is 9.10. The van der Waals surface area contributed by atoms with E-state index in [1.54, 1.807) is 11.3 Å². The summed E-state index contributed by atoms with van der Waals surface area (Å²) in [7, 11) is 0. The fraction of sp³-hybridized carbons (Fsp3) is 0.636. The van der Waals surface area contributed by atoms with Crippen LogP contribution < -0.4 is 5.32 Å². The van der Waals surface area contributed by atoms with E-state index in [-0.39, 0.29) is 6.61 Å². The van der Waals surface area contributed by atoms with Gasteiger partial charge in [0.25, 0.3) is 0 Å². The van der Waals surface area contributed by atoms with E-state index in [2.05, 4.69) is 46.5 Å². The first kappa shape index (κ1) is 13.2. The van der Waals surface area contributed by atoms with Crippen LogP contribution in [0, 0.1) is 5.92 Å². The Bertz CT molecular complexity index is 290. The second kappa shape index (κ2) is 6.63. The first-order valence-electron chi connectivity index (χ1n) is 5.22. The average molecular weight is 292 g/mol. The molecule has 0 amide bonds. The Kier molecular flexibility index (Phi) is 5.82. The van der Waals surface area contributed by atoms with E-state index in [9.17, 15) is 0 Å². The van der Waals surface area contributed by atoms with Gasteiger partial charge in [0.1, 0.15) is 0 Å². The van der Waals surface area contributed by atoms with Crippen molar-refractivity contribution in [3.05, 3.63) is 20.8 Å². The molecule has 0 spiro atoms. The molecule has 86 valence electrons. The lowest BCUT2D eigenvalue weighted by molar-refractivity contribution is 0.258. The number of nitrogens with one attached hydrogen (secondary N) is 1. The minimum atomic E-state index is 0.278. The van der Waals surface area contributed by atoms with Crippen molar-refractivity contribution in [3.63, 3.8) is 0 Å². The van der Waals surface area contributed by atoms with Crippen molar-refractivity contribution in [2.45, 2.75) is 26.3 Å². The Morgan fingerprint density at radius 2 is 2.27 bits per heavy atom. The van der Waals surface area contributed by atoms with Crippen molar-refractivity contribution in [1.29, 1.82) is 0 Å². The molecule has 2 unspecified atom stereocenters. The van der Waals surface area contributed by atoms with Crippen LogP contribution in [0.3, 0.4) is 0 Å².